The zero-order chi connectivity index (χ0) is 7.61. The fourth-order valence-corrected chi connectivity index (χ4v) is 1.41. The summed E-state index contributed by atoms with van der Waals surface area (Å²) in [4.78, 5) is 11.7. The van der Waals surface area contributed by atoms with Crippen molar-refractivity contribution in [2.45, 2.75) is 25.4 Å². The van der Waals surface area contributed by atoms with E-state index in [1.165, 1.54) is 0 Å². The molecule has 0 atom stereocenters. The number of aliphatic hydroxyl groups is 1. The molecule has 0 saturated carbocycles. The number of amides is 1. The zero-order valence-electron chi connectivity index (χ0n) is 6.21. The van der Waals surface area contributed by atoms with E-state index < -0.39 is 5.60 Å². The first-order valence-corrected chi connectivity index (χ1v) is 3.62. The molecule has 1 rings (SSSR count). The number of nitrogens with zero attached hydrogens (tertiary/aromatic N) is 1. The standard InChI is InChI=1S/C7H13NO2/c1-2-3-7(10)4-8(5-7)6-9/h6,10H,2-5H2,1H3. The van der Waals surface area contributed by atoms with Gasteiger partial charge in [-0.25, -0.2) is 0 Å². The molecule has 1 aliphatic rings. The summed E-state index contributed by atoms with van der Waals surface area (Å²) in [6.07, 6.45) is 2.56. The van der Waals surface area contributed by atoms with Crippen molar-refractivity contribution in [1.29, 1.82) is 0 Å². The summed E-state index contributed by atoms with van der Waals surface area (Å²) in [5, 5.41) is 9.51. The van der Waals surface area contributed by atoms with Crippen molar-refractivity contribution in [3.63, 3.8) is 0 Å². The highest BCUT2D eigenvalue weighted by Crippen LogP contribution is 2.23. The molecule has 3 nitrogen and oxygen atoms in total. The Balaban J connectivity index is 2.27. The van der Waals surface area contributed by atoms with Gasteiger partial charge >= 0.3 is 0 Å². The summed E-state index contributed by atoms with van der Waals surface area (Å²) >= 11 is 0. The van der Waals surface area contributed by atoms with Gasteiger partial charge in [0.15, 0.2) is 0 Å². The van der Waals surface area contributed by atoms with E-state index in [0.717, 1.165) is 19.3 Å². The number of β-amino-alcohol motifs (C(OH)–C–C–N with tert-alkyl or cyclic N) is 1. The molecule has 1 N–H and O–H groups in total. The van der Waals surface area contributed by atoms with E-state index in [4.69, 9.17) is 0 Å². The molecular formula is C7H13NO2. The molecule has 10 heavy (non-hydrogen) atoms. The minimum Gasteiger partial charge on any atom is -0.386 e. The minimum atomic E-state index is -0.560. The number of hydrogen-bond acceptors (Lipinski definition) is 2. The Morgan fingerprint density at radius 1 is 1.70 bits per heavy atom. The number of carbonyl (C=O) groups is 1. The Bertz CT molecular complexity index is 130. The second-order valence-electron chi connectivity index (χ2n) is 2.98. The molecule has 1 aliphatic heterocycles. The molecule has 1 saturated heterocycles. The molecule has 1 fully saturated rings. The van der Waals surface area contributed by atoms with Gasteiger partial charge in [-0.2, -0.15) is 0 Å². The SMILES string of the molecule is CCCC1(O)CN(C=O)C1. The lowest BCUT2D eigenvalue weighted by atomic mass is 9.90. The van der Waals surface area contributed by atoms with Gasteiger partial charge in [-0.05, 0) is 6.42 Å². The quantitative estimate of drug-likeness (QED) is 0.564. The van der Waals surface area contributed by atoms with Crippen molar-refractivity contribution in [1.82, 2.24) is 4.90 Å². The van der Waals surface area contributed by atoms with Gasteiger partial charge in [0, 0.05) is 0 Å². The monoisotopic (exact) mass is 143 g/mol. The van der Waals surface area contributed by atoms with Crippen LogP contribution in [0.1, 0.15) is 19.8 Å². The Morgan fingerprint density at radius 3 is 2.70 bits per heavy atom. The van der Waals surface area contributed by atoms with Gasteiger partial charge in [-0.3, -0.25) is 4.79 Å². The van der Waals surface area contributed by atoms with Gasteiger partial charge < -0.3 is 10.0 Å². The molecule has 0 radical (unpaired) electrons. The lowest BCUT2D eigenvalue weighted by Gasteiger charge is -2.44. The summed E-state index contributed by atoms with van der Waals surface area (Å²) in [5.74, 6) is 0. The van der Waals surface area contributed by atoms with Crippen LogP contribution in [-0.4, -0.2) is 35.1 Å². The van der Waals surface area contributed by atoms with E-state index in [1.807, 2.05) is 6.92 Å². The third kappa shape index (κ3) is 1.29. The lowest BCUT2D eigenvalue weighted by Crippen LogP contribution is -2.60. The first-order chi connectivity index (χ1) is 4.70. The van der Waals surface area contributed by atoms with Gasteiger partial charge in [-0.15, -0.1) is 0 Å². The topological polar surface area (TPSA) is 40.5 Å². The highest BCUT2D eigenvalue weighted by Gasteiger charge is 2.39. The normalized spacial score (nSPS) is 22.0. The third-order valence-electron chi connectivity index (χ3n) is 1.86. The molecule has 0 aromatic carbocycles. The van der Waals surface area contributed by atoms with E-state index >= 15 is 0 Å². The first-order valence-electron chi connectivity index (χ1n) is 3.62. The van der Waals surface area contributed by atoms with Crippen molar-refractivity contribution in [2.75, 3.05) is 13.1 Å². The van der Waals surface area contributed by atoms with E-state index in [1.54, 1.807) is 4.90 Å². The van der Waals surface area contributed by atoms with E-state index in [0.29, 0.717) is 13.1 Å². The molecule has 3 heteroatoms. The number of likely N-dealkylation sites (tertiary alicyclic amines) is 1. The molecule has 1 amide bonds. The maximum absolute atomic E-state index is 10.1. The summed E-state index contributed by atoms with van der Waals surface area (Å²) in [7, 11) is 0. The van der Waals surface area contributed by atoms with E-state index in [9.17, 15) is 9.90 Å². The number of hydrogen-bond donors (Lipinski definition) is 1. The van der Waals surface area contributed by atoms with Crippen molar-refractivity contribution in [2.24, 2.45) is 0 Å². The molecule has 1 heterocycles. The number of carbonyl (C=O) groups excluding carboxylic acids is 1. The van der Waals surface area contributed by atoms with Crippen LogP contribution in [-0.2, 0) is 4.79 Å². The van der Waals surface area contributed by atoms with Gasteiger partial charge in [0.1, 0.15) is 0 Å². The fourth-order valence-electron chi connectivity index (χ4n) is 1.41. The predicted molar refractivity (Wildman–Crippen MR) is 37.5 cm³/mol. The maximum Gasteiger partial charge on any atom is 0.209 e. The smallest absolute Gasteiger partial charge is 0.209 e. The van der Waals surface area contributed by atoms with Crippen LogP contribution in [0.3, 0.4) is 0 Å². The third-order valence-corrected chi connectivity index (χ3v) is 1.86. The van der Waals surface area contributed by atoms with Crippen LogP contribution in [0.2, 0.25) is 0 Å². The first kappa shape index (κ1) is 7.54. The van der Waals surface area contributed by atoms with Crippen molar-refractivity contribution in [3.8, 4) is 0 Å². The molecule has 0 spiro atoms. The maximum atomic E-state index is 10.1. The van der Waals surface area contributed by atoms with Crippen molar-refractivity contribution >= 4 is 6.41 Å². The Labute approximate surface area is 60.6 Å². The highest BCUT2D eigenvalue weighted by atomic mass is 16.3. The second kappa shape index (κ2) is 2.58. The van der Waals surface area contributed by atoms with Crippen LogP contribution >= 0.6 is 0 Å². The molecule has 0 aliphatic carbocycles. The lowest BCUT2D eigenvalue weighted by molar-refractivity contribution is -0.143. The fraction of sp³-hybridized carbons (Fsp3) is 0.857. The minimum absolute atomic E-state index is 0.518. The largest absolute Gasteiger partial charge is 0.386 e. The summed E-state index contributed by atoms with van der Waals surface area (Å²) in [5.41, 5.74) is -0.560. The van der Waals surface area contributed by atoms with Gasteiger partial charge in [0.05, 0.1) is 18.7 Å². The molecule has 58 valence electrons. The molecule has 0 bridgehead atoms. The average Bonchev–Trinajstić information content (AvgIpc) is 1.83. The van der Waals surface area contributed by atoms with Crippen molar-refractivity contribution in [3.05, 3.63) is 0 Å². The van der Waals surface area contributed by atoms with Crippen LogP contribution in [0.25, 0.3) is 0 Å². The number of rotatable bonds is 3. The zero-order valence-corrected chi connectivity index (χ0v) is 6.21. The van der Waals surface area contributed by atoms with Crippen LogP contribution in [0, 0.1) is 0 Å². The van der Waals surface area contributed by atoms with Crippen LogP contribution < -0.4 is 0 Å². The highest BCUT2D eigenvalue weighted by molar-refractivity contribution is 5.49. The average molecular weight is 143 g/mol. The molecule has 0 unspecified atom stereocenters. The molecule has 0 aromatic rings. The van der Waals surface area contributed by atoms with Crippen molar-refractivity contribution < 1.29 is 9.90 Å². The Morgan fingerprint density at radius 2 is 2.30 bits per heavy atom. The Hall–Kier alpha value is -0.570. The van der Waals surface area contributed by atoms with Crippen LogP contribution in [0.5, 0.6) is 0 Å². The predicted octanol–water partition coefficient (Wildman–Crippen LogP) is -0.0104. The van der Waals surface area contributed by atoms with Crippen LogP contribution in [0.15, 0.2) is 0 Å². The van der Waals surface area contributed by atoms with E-state index in [-0.39, 0.29) is 0 Å². The van der Waals surface area contributed by atoms with Gasteiger partial charge in [0.2, 0.25) is 6.41 Å². The van der Waals surface area contributed by atoms with Gasteiger partial charge in [0.25, 0.3) is 0 Å². The van der Waals surface area contributed by atoms with Gasteiger partial charge in [-0.1, -0.05) is 13.3 Å². The second-order valence-corrected chi connectivity index (χ2v) is 2.98. The summed E-state index contributed by atoms with van der Waals surface area (Å²) < 4.78 is 0. The van der Waals surface area contributed by atoms with Crippen LogP contribution in [0.4, 0.5) is 0 Å². The molecule has 0 aromatic heterocycles. The van der Waals surface area contributed by atoms with E-state index in [2.05, 4.69) is 0 Å². The summed E-state index contributed by atoms with van der Waals surface area (Å²) in [6.45, 7) is 3.07. The molecular weight excluding hydrogens is 130 g/mol. The Kier molecular flexibility index (Phi) is 1.94. The summed E-state index contributed by atoms with van der Waals surface area (Å²) in [6, 6.07) is 0.